The second-order valence-corrected chi connectivity index (χ2v) is 7.71. The Bertz CT molecular complexity index is 1030. The maximum absolute atomic E-state index is 13.7. The molecule has 0 amide bonds. The van der Waals surface area contributed by atoms with Gasteiger partial charge >= 0.3 is 0 Å². The minimum atomic E-state index is -3.54. The van der Waals surface area contributed by atoms with Crippen molar-refractivity contribution in [3.05, 3.63) is 84.2 Å². The number of halogens is 2. The molecule has 3 aromatic rings. The quantitative estimate of drug-likeness (QED) is 0.635. The van der Waals surface area contributed by atoms with Crippen molar-refractivity contribution in [2.75, 3.05) is 10.6 Å². The van der Waals surface area contributed by atoms with Crippen LogP contribution in [0.2, 0.25) is 0 Å². The van der Waals surface area contributed by atoms with E-state index in [1.165, 1.54) is 22.5 Å². The van der Waals surface area contributed by atoms with Crippen molar-refractivity contribution in [3.8, 4) is 11.5 Å². The standard InChI is InChI=1S/C19H16F2N2O3S/c1-27(24,25)23(13-14-3-2-10-22-12-14)16-5-7-17(8-6-16)26-19-9-4-15(20)11-18(19)21/h2-12H,13H2,1H3. The minimum absolute atomic E-state index is 0.124. The van der Waals surface area contributed by atoms with Gasteiger partial charge in [0, 0.05) is 18.5 Å². The van der Waals surface area contributed by atoms with E-state index in [0.29, 0.717) is 11.4 Å². The molecule has 0 aliphatic carbocycles. The zero-order chi connectivity index (χ0) is 19.4. The van der Waals surface area contributed by atoms with Crippen molar-refractivity contribution >= 4 is 15.7 Å². The number of rotatable bonds is 6. The predicted molar refractivity (Wildman–Crippen MR) is 98.1 cm³/mol. The van der Waals surface area contributed by atoms with Crippen LogP contribution >= 0.6 is 0 Å². The molecule has 0 atom stereocenters. The lowest BCUT2D eigenvalue weighted by molar-refractivity contribution is 0.437. The van der Waals surface area contributed by atoms with E-state index in [-0.39, 0.29) is 12.3 Å². The third-order valence-corrected chi connectivity index (χ3v) is 4.84. The largest absolute Gasteiger partial charge is 0.454 e. The molecule has 0 bridgehead atoms. The summed E-state index contributed by atoms with van der Waals surface area (Å²) in [4.78, 5) is 3.99. The first-order valence-electron chi connectivity index (χ1n) is 7.92. The fourth-order valence-electron chi connectivity index (χ4n) is 2.42. The van der Waals surface area contributed by atoms with Gasteiger partial charge in [-0.05, 0) is 48.0 Å². The number of nitrogens with zero attached hydrogens (tertiary/aromatic N) is 2. The minimum Gasteiger partial charge on any atom is -0.454 e. The Kier molecular flexibility index (Phi) is 5.36. The van der Waals surface area contributed by atoms with Crippen molar-refractivity contribution < 1.29 is 21.9 Å². The van der Waals surface area contributed by atoms with Gasteiger partial charge in [-0.3, -0.25) is 9.29 Å². The molecule has 3 rings (SSSR count). The Morgan fingerprint density at radius 3 is 2.41 bits per heavy atom. The molecule has 27 heavy (non-hydrogen) atoms. The first-order valence-corrected chi connectivity index (χ1v) is 9.77. The number of ether oxygens (including phenoxy) is 1. The molecule has 2 aromatic carbocycles. The SMILES string of the molecule is CS(=O)(=O)N(Cc1cccnc1)c1ccc(Oc2ccc(F)cc2F)cc1. The Hall–Kier alpha value is -3.00. The number of hydrogen-bond acceptors (Lipinski definition) is 4. The first-order chi connectivity index (χ1) is 12.8. The molecular formula is C19H16F2N2O3S. The highest BCUT2D eigenvalue weighted by molar-refractivity contribution is 7.92. The molecule has 0 aliphatic heterocycles. The van der Waals surface area contributed by atoms with Crippen LogP contribution in [0.5, 0.6) is 11.5 Å². The molecule has 0 saturated heterocycles. The van der Waals surface area contributed by atoms with Gasteiger partial charge in [0.15, 0.2) is 11.6 Å². The van der Waals surface area contributed by atoms with E-state index in [4.69, 9.17) is 4.74 Å². The van der Waals surface area contributed by atoms with Gasteiger partial charge in [-0.1, -0.05) is 6.07 Å². The topological polar surface area (TPSA) is 59.5 Å². The van der Waals surface area contributed by atoms with E-state index in [2.05, 4.69) is 4.98 Å². The van der Waals surface area contributed by atoms with Crippen LogP contribution in [0.25, 0.3) is 0 Å². The maximum Gasteiger partial charge on any atom is 0.232 e. The molecule has 1 aromatic heterocycles. The van der Waals surface area contributed by atoms with Crippen LogP contribution in [0, 0.1) is 11.6 Å². The monoisotopic (exact) mass is 390 g/mol. The van der Waals surface area contributed by atoms with Gasteiger partial charge in [0.25, 0.3) is 0 Å². The molecule has 0 radical (unpaired) electrons. The van der Waals surface area contributed by atoms with Crippen molar-refractivity contribution in [2.24, 2.45) is 0 Å². The zero-order valence-corrected chi connectivity index (χ0v) is 15.2. The summed E-state index contributed by atoms with van der Waals surface area (Å²) >= 11 is 0. The second-order valence-electron chi connectivity index (χ2n) is 5.80. The second kappa shape index (κ2) is 7.71. The lowest BCUT2D eigenvalue weighted by atomic mass is 10.2. The summed E-state index contributed by atoms with van der Waals surface area (Å²) in [6.07, 6.45) is 4.31. The molecule has 8 heteroatoms. The lowest BCUT2D eigenvalue weighted by Crippen LogP contribution is -2.29. The van der Waals surface area contributed by atoms with E-state index in [0.717, 1.165) is 24.0 Å². The number of hydrogen-bond donors (Lipinski definition) is 0. The van der Waals surface area contributed by atoms with E-state index in [1.807, 2.05) is 0 Å². The fraction of sp³-hybridized carbons (Fsp3) is 0.105. The molecule has 140 valence electrons. The summed E-state index contributed by atoms with van der Waals surface area (Å²) in [6.45, 7) is 0.124. The molecular weight excluding hydrogens is 374 g/mol. The zero-order valence-electron chi connectivity index (χ0n) is 14.3. The van der Waals surface area contributed by atoms with Crippen LogP contribution < -0.4 is 9.04 Å². The van der Waals surface area contributed by atoms with Gasteiger partial charge in [-0.2, -0.15) is 0 Å². The van der Waals surface area contributed by atoms with Crippen molar-refractivity contribution in [3.63, 3.8) is 0 Å². The summed E-state index contributed by atoms with van der Waals surface area (Å²) in [5, 5.41) is 0. The Morgan fingerprint density at radius 1 is 1.07 bits per heavy atom. The van der Waals surface area contributed by atoms with Crippen LogP contribution in [-0.4, -0.2) is 19.7 Å². The normalized spacial score (nSPS) is 11.2. The van der Waals surface area contributed by atoms with Crippen LogP contribution in [0.15, 0.2) is 67.0 Å². The van der Waals surface area contributed by atoms with Crippen LogP contribution in [0.1, 0.15) is 5.56 Å². The third-order valence-electron chi connectivity index (χ3n) is 3.70. The molecule has 0 unspecified atom stereocenters. The van der Waals surface area contributed by atoms with E-state index < -0.39 is 21.7 Å². The van der Waals surface area contributed by atoms with Gasteiger partial charge in [-0.25, -0.2) is 17.2 Å². The average molecular weight is 390 g/mol. The number of pyridine rings is 1. The molecule has 1 heterocycles. The van der Waals surface area contributed by atoms with E-state index in [9.17, 15) is 17.2 Å². The smallest absolute Gasteiger partial charge is 0.232 e. The first kappa shape index (κ1) is 18.8. The third kappa shape index (κ3) is 4.79. The Morgan fingerprint density at radius 2 is 1.81 bits per heavy atom. The molecule has 5 nitrogen and oxygen atoms in total. The number of benzene rings is 2. The van der Waals surface area contributed by atoms with Gasteiger partial charge < -0.3 is 4.74 Å². The fourth-order valence-corrected chi connectivity index (χ4v) is 3.31. The molecule has 0 fully saturated rings. The van der Waals surface area contributed by atoms with Gasteiger partial charge in [0.05, 0.1) is 18.5 Å². The number of anilines is 1. The summed E-state index contributed by atoms with van der Waals surface area (Å²) in [5.74, 6) is -1.36. The van der Waals surface area contributed by atoms with Gasteiger partial charge in [0.1, 0.15) is 11.6 Å². The highest BCUT2D eigenvalue weighted by Crippen LogP contribution is 2.28. The highest BCUT2D eigenvalue weighted by Gasteiger charge is 2.18. The maximum atomic E-state index is 13.7. The van der Waals surface area contributed by atoms with Crippen molar-refractivity contribution in [2.45, 2.75) is 6.54 Å². The highest BCUT2D eigenvalue weighted by atomic mass is 32.2. The predicted octanol–water partition coefficient (Wildman–Crippen LogP) is 4.12. The average Bonchev–Trinajstić information content (AvgIpc) is 2.63. The number of aromatic nitrogens is 1. The van der Waals surface area contributed by atoms with Gasteiger partial charge in [0.2, 0.25) is 10.0 Å². The summed E-state index contributed by atoms with van der Waals surface area (Å²) in [5.41, 5.74) is 1.16. The van der Waals surface area contributed by atoms with E-state index in [1.54, 1.807) is 36.7 Å². The molecule has 0 aliphatic rings. The van der Waals surface area contributed by atoms with Gasteiger partial charge in [-0.15, -0.1) is 0 Å². The molecule has 0 spiro atoms. The Balaban J connectivity index is 1.83. The number of sulfonamides is 1. The van der Waals surface area contributed by atoms with Crippen LogP contribution in [-0.2, 0) is 16.6 Å². The Labute approximate surface area is 155 Å². The summed E-state index contributed by atoms with van der Waals surface area (Å²) < 4.78 is 57.6. The van der Waals surface area contributed by atoms with Crippen molar-refractivity contribution in [1.82, 2.24) is 4.98 Å². The lowest BCUT2D eigenvalue weighted by Gasteiger charge is -2.22. The van der Waals surface area contributed by atoms with E-state index >= 15 is 0 Å². The van der Waals surface area contributed by atoms with Crippen molar-refractivity contribution in [1.29, 1.82) is 0 Å². The molecule has 0 N–H and O–H groups in total. The molecule has 0 saturated carbocycles. The van der Waals surface area contributed by atoms with Crippen LogP contribution in [0.4, 0.5) is 14.5 Å². The van der Waals surface area contributed by atoms with Crippen LogP contribution in [0.3, 0.4) is 0 Å². The summed E-state index contributed by atoms with van der Waals surface area (Å²) in [7, 11) is -3.54. The summed E-state index contributed by atoms with van der Waals surface area (Å²) in [6, 6.07) is 12.6.